The van der Waals surface area contributed by atoms with E-state index in [1.165, 1.54) is 24.4 Å². The predicted octanol–water partition coefficient (Wildman–Crippen LogP) is 4.98. The Balaban J connectivity index is 1.74. The van der Waals surface area contributed by atoms with Crippen LogP contribution in [0.25, 0.3) is 22.0 Å². The molecule has 9 heteroatoms. The van der Waals surface area contributed by atoms with E-state index in [2.05, 4.69) is 20.3 Å². The lowest BCUT2D eigenvalue weighted by molar-refractivity contribution is 0.0687. The molecular weight excluding hydrogens is 457 g/mol. The normalized spacial score (nSPS) is 12.5. The molecule has 4 rings (SSSR count). The molecule has 4 N–H and O–H groups in total. The summed E-state index contributed by atoms with van der Waals surface area (Å²) in [5.74, 6) is -0.786. The summed E-state index contributed by atoms with van der Waals surface area (Å²) < 4.78 is 14.5. The SMILES string of the molecule is C[C@@H](Nc1c(Cl)cnc2ccc(-c3cnc(C(C)(C)O)nc3)cc12)c1cc(C(N)=O)ccc1F. The molecular formula is C25H23ClFN5O2. The largest absolute Gasteiger partial charge is 0.382 e. The number of anilines is 1. The number of carbonyl (C=O) groups is 1. The Kier molecular flexibility index (Phi) is 6.20. The van der Waals surface area contributed by atoms with E-state index in [4.69, 9.17) is 17.3 Å². The fourth-order valence-electron chi connectivity index (χ4n) is 3.61. The average Bonchev–Trinajstić information content (AvgIpc) is 2.80. The van der Waals surface area contributed by atoms with Crippen molar-refractivity contribution in [3.05, 3.63) is 82.8 Å². The summed E-state index contributed by atoms with van der Waals surface area (Å²) in [4.78, 5) is 24.5. The van der Waals surface area contributed by atoms with Gasteiger partial charge in [0, 0.05) is 40.7 Å². The molecule has 0 radical (unpaired) electrons. The highest BCUT2D eigenvalue weighted by molar-refractivity contribution is 6.34. The van der Waals surface area contributed by atoms with Crippen molar-refractivity contribution < 1.29 is 14.3 Å². The number of nitrogens with two attached hydrogens (primary N) is 1. The van der Waals surface area contributed by atoms with Crippen molar-refractivity contribution in [3.8, 4) is 11.1 Å². The zero-order valence-corrected chi connectivity index (χ0v) is 19.6. The monoisotopic (exact) mass is 479 g/mol. The number of carbonyl (C=O) groups excluding carboxylic acids is 1. The minimum Gasteiger partial charge on any atom is -0.382 e. The number of nitrogens with one attached hydrogen (secondary N) is 1. The molecule has 0 bridgehead atoms. The summed E-state index contributed by atoms with van der Waals surface area (Å²) in [7, 11) is 0. The zero-order chi connectivity index (χ0) is 24.6. The highest BCUT2D eigenvalue weighted by Gasteiger charge is 2.20. The molecule has 0 fully saturated rings. The molecule has 7 nitrogen and oxygen atoms in total. The number of benzene rings is 2. The standard InChI is InChI=1S/C25H23ClFN5O2/c1-13(17-9-15(23(28)33)4-6-20(17)27)32-22-18-8-14(5-7-21(18)29-12-19(22)26)16-10-30-24(31-11-16)25(2,3)34/h4-13,34H,1-3H3,(H2,28,33)(H,29,32)/t13-/m1/s1. The van der Waals surface area contributed by atoms with Gasteiger partial charge in [0.2, 0.25) is 5.91 Å². The van der Waals surface area contributed by atoms with Gasteiger partial charge in [0.25, 0.3) is 0 Å². The molecule has 174 valence electrons. The minimum absolute atomic E-state index is 0.215. The second-order valence-corrected chi connectivity index (χ2v) is 8.94. The van der Waals surface area contributed by atoms with Gasteiger partial charge in [-0.3, -0.25) is 9.78 Å². The molecule has 34 heavy (non-hydrogen) atoms. The topological polar surface area (TPSA) is 114 Å². The number of primary amides is 1. The van der Waals surface area contributed by atoms with Crippen LogP contribution in [0, 0.1) is 5.82 Å². The van der Waals surface area contributed by atoms with E-state index < -0.39 is 23.4 Å². The molecule has 4 aromatic rings. The molecule has 0 aliphatic carbocycles. The van der Waals surface area contributed by atoms with E-state index in [0.29, 0.717) is 22.1 Å². The number of hydrogen-bond donors (Lipinski definition) is 3. The first kappa shape index (κ1) is 23.5. The van der Waals surface area contributed by atoms with Gasteiger partial charge in [-0.25, -0.2) is 14.4 Å². The third-order valence-corrected chi connectivity index (χ3v) is 5.75. The van der Waals surface area contributed by atoms with Gasteiger partial charge in [-0.05, 0) is 56.7 Å². The summed E-state index contributed by atoms with van der Waals surface area (Å²) in [5, 5.41) is 14.4. The Morgan fingerprint density at radius 3 is 2.44 bits per heavy atom. The first-order valence-corrected chi connectivity index (χ1v) is 10.9. The number of fused-ring (bicyclic) bond motifs is 1. The third-order valence-electron chi connectivity index (χ3n) is 5.46. The van der Waals surface area contributed by atoms with Gasteiger partial charge in [0.15, 0.2) is 5.82 Å². The average molecular weight is 480 g/mol. The van der Waals surface area contributed by atoms with E-state index in [9.17, 15) is 14.3 Å². The van der Waals surface area contributed by atoms with E-state index in [-0.39, 0.29) is 11.1 Å². The Bertz CT molecular complexity index is 1390. The lowest BCUT2D eigenvalue weighted by atomic mass is 10.0. The lowest BCUT2D eigenvalue weighted by Gasteiger charge is -2.20. The van der Waals surface area contributed by atoms with Crippen LogP contribution in [-0.2, 0) is 5.60 Å². The highest BCUT2D eigenvalue weighted by Crippen LogP contribution is 2.35. The van der Waals surface area contributed by atoms with E-state index in [1.54, 1.807) is 33.2 Å². The van der Waals surface area contributed by atoms with Gasteiger partial charge < -0.3 is 16.2 Å². The number of pyridine rings is 1. The fourth-order valence-corrected chi connectivity index (χ4v) is 3.82. The van der Waals surface area contributed by atoms with Crippen molar-refractivity contribution in [2.24, 2.45) is 5.73 Å². The first-order valence-electron chi connectivity index (χ1n) is 10.5. The second kappa shape index (κ2) is 8.96. The second-order valence-electron chi connectivity index (χ2n) is 8.53. The molecule has 0 spiro atoms. The van der Waals surface area contributed by atoms with Crippen LogP contribution in [0.15, 0.2) is 55.0 Å². The van der Waals surface area contributed by atoms with Gasteiger partial charge >= 0.3 is 0 Å². The van der Waals surface area contributed by atoms with Crippen LogP contribution in [0.2, 0.25) is 5.02 Å². The van der Waals surface area contributed by atoms with Crippen molar-refractivity contribution in [1.82, 2.24) is 15.0 Å². The van der Waals surface area contributed by atoms with Crippen LogP contribution in [-0.4, -0.2) is 26.0 Å². The first-order chi connectivity index (χ1) is 16.0. The number of nitrogens with zero attached hydrogens (tertiary/aromatic N) is 3. The molecule has 2 heterocycles. The van der Waals surface area contributed by atoms with Crippen LogP contribution in [0.3, 0.4) is 0 Å². The number of aliphatic hydroxyl groups is 1. The quantitative estimate of drug-likeness (QED) is 0.359. The Morgan fingerprint density at radius 1 is 1.09 bits per heavy atom. The fraction of sp³-hybridized carbons (Fsp3) is 0.200. The molecule has 2 aromatic heterocycles. The molecule has 0 aliphatic heterocycles. The van der Waals surface area contributed by atoms with E-state index in [1.807, 2.05) is 18.2 Å². The smallest absolute Gasteiger partial charge is 0.248 e. The van der Waals surface area contributed by atoms with Gasteiger partial charge in [-0.1, -0.05) is 17.7 Å². The molecule has 0 aliphatic rings. The van der Waals surface area contributed by atoms with Crippen LogP contribution in [0.5, 0.6) is 0 Å². The maximum absolute atomic E-state index is 14.5. The summed E-state index contributed by atoms with van der Waals surface area (Å²) in [6.45, 7) is 5.00. The molecule has 0 unspecified atom stereocenters. The van der Waals surface area contributed by atoms with Crippen molar-refractivity contribution in [2.75, 3.05) is 5.32 Å². The molecule has 1 amide bonds. The number of hydrogen-bond acceptors (Lipinski definition) is 6. The Morgan fingerprint density at radius 2 is 1.79 bits per heavy atom. The van der Waals surface area contributed by atoms with Crippen LogP contribution in [0.4, 0.5) is 10.1 Å². The molecule has 1 atom stereocenters. The molecule has 0 saturated carbocycles. The van der Waals surface area contributed by atoms with Gasteiger partial charge in [-0.15, -0.1) is 0 Å². The van der Waals surface area contributed by atoms with Crippen LogP contribution >= 0.6 is 11.6 Å². The summed E-state index contributed by atoms with van der Waals surface area (Å²) >= 11 is 6.48. The zero-order valence-electron chi connectivity index (χ0n) is 18.8. The maximum Gasteiger partial charge on any atom is 0.248 e. The maximum atomic E-state index is 14.5. The number of aromatic nitrogens is 3. The van der Waals surface area contributed by atoms with Gasteiger partial charge in [0.05, 0.1) is 22.3 Å². The Labute approximate surface area is 200 Å². The summed E-state index contributed by atoms with van der Waals surface area (Å²) in [6, 6.07) is 9.08. The highest BCUT2D eigenvalue weighted by atomic mass is 35.5. The minimum atomic E-state index is -1.15. The molecule has 2 aromatic carbocycles. The van der Waals surface area contributed by atoms with Crippen LogP contribution in [0.1, 0.15) is 48.6 Å². The predicted molar refractivity (Wildman–Crippen MR) is 130 cm³/mol. The van der Waals surface area contributed by atoms with Crippen LogP contribution < -0.4 is 11.1 Å². The Hall–Kier alpha value is -3.62. The van der Waals surface area contributed by atoms with Crippen molar-refractivity contribution >= 4 is 34.1 Å². The van der Waals surface area contributed by atoms with Gasteiger partial charge in [-0.2, -0.15) is 0 Å². The third kappa shape index (κ3) is 4.69. The van der Waals surface area contributed by atoms with Crippen molar-refractivity contribution in [2.45, 2.75) is 32.4 Å². The summed E-state index contributed by atoms with van der Waals surface area (Å²) in [5.41, 5.74) is 7.52. The number of rotatable bonds is 6. The van der Waals surface area contributed by atoms with Crippen molar-refractivity contribution in [1.29, 1.82) is 0 Å². The number of amides is 1. The molecule has 0 saturated heterocycles. The number of halogens is 2. The van der Waals surface area contributed by atoms with E-state index in [0.717, 1.165) is 16.5 Å². The van der Waals surface area contributed by atoms with E-state index >= 15 is 0 Å². The van der Waals surface area contributed by atoms with Crippen molar-refractivity contribution in [3.63, 3.8) is 0 Å². The van der Waals surface area contributed by atoms with Gasteiger partial charge in [0.1, 0.15) is 11.4 Å². The summed E-state index contributed by atoms with van der Waals surface area (Å²) in [6.07, 6.45) is 4.80. The lowest BCUT2D eigenvalue weighted by Crippen LogP contribution is -2.19.